The lowest BCUT2D eigenvalue weighted by atomic mass is 10.0. The molecule has 0 spiro atoms. The summed E-state index contributed by atoms with van der Waals surface area (Å²) in [5, 5.41) is 3.35. The van der Waals surface area contributed by atoms with E-state index in [0.717, 1.165) is 19.6 Å². The summed E-state index contributed by atoms with van der Waals surface area (Å²) >= 11 is 0. The summed E-state index contributed by atoms with van der Waals surface area (Å²) in [6.45, 7) is 2.91. The van der Waals surface area contributed by atoms with Crippen molar-refractivity contribution in [2.75, 3.05) is 33.7 Å². The highest BCUT2D eigenvalue weighted by atomic mass is 16.1. The van der Waals surface area contributed by atoms with Crippen LogP contribution in [0.1, 0.15) is 25.7 Å². The number of nitrogens with two attached hydrogens (primary N) is 1. The molecular formula is C13H26N4O. The summed E-state index contributed by atoms with van der Waals surface area (Å²) in [4.78, 5) is 16.1. The van der Waals surface area contributed by atoms with Crippen LogP contribution in [0, 0.1) is 0 Å². The second kappa shape index (κ2) is 5.99. The van der Waals surface area contributed by atoms with Crippen molar-refractivity contribution >= 4 is 5.91 Å². The number of rotatable bonds is 6. The van der Waals surface area contributed by atoms with E-state index in [1.165, 1.54) is 25.7 Å². The van der Waals surface area contributed by atoms with Gasteiger partial charge in [-0.1, -0.05) is 0 Å². The molecule has 1 aliphatic carbocycles. The second-order valence-electron chi connectivity index (χ2n) is 5.89. The minimum Gasteiger partial charge on any atom is -0.368 e. The average molecular weight is 254 g/mol. The van der Waals surface area contributed by atoms with Gasteiger partial charge in [-0.25, -0.2) is 0 Å². The number of hydrogen-bond acceptors (Lipinski definition) is 4. The smallest absolute Gasteiger partial charge is 0.235 e. The van der Waals surface area contributed by atoms with Gasteiger partial charge in [0.1, 0.15) is 0 Å². The maximum atomic E-state index is 11.4. The van der Waals surface area contributed by atoms with E-state index < -0.39 is 0 Å². The van der Waals surface area contributed by atoms with Crippen molar-refractivity contribution in [3.8, 4) is 0 Å². The molecule has 5 nitrogen and oxygen atoms in total. The van der Waals surface area contributed by atoms with Crippen LogP contribution in [0.25, 0.3) is 0 Å². The molecule has 0 aromatic rings. The van der Waals surface area contributed by atoms with E-state index in [0.29, 0.717) is 12.1 Å². The molecule has 1 heterocycles. The third kappa shape index (κ3) is 3.93. The van der Waals surface area contributed by atoms with Crippen LogP contribution in [0.15, 0.2) is 0 Å². The van der Waals surface area contributed by atoms with Gasteiger partial charge in [-0.15, -0.1) is 0 Å². The summed E-state index contributed by atoms with van der Waals surface area (Å²) in [5.41, 5.74) is 5.47. The Bertz CT molecular complexity index is 283. The standard InChI is InChI=1S/C13H26N4O/c1-16(2)11-5-7-17(8-6-11)9-12(13(14)18)15-10-3-4-10/h10-12,15H,3-9H2,1-2H3,(H2,14,18). The van der Waals surface area contributed by atoms with Gasteiger partial charge in [-0.3, -0.25) is 4.79 Å². The quantitative estimate of drug-likeness (QED) is 0.678. The first-order chi connectivity index (χ1) is 8.56. The second-order valence-corrected chi connectivity index (χ2v) is 5.89. The third-order valence-corrected chi connectivity index (χ3v) is 4.09. The molecule has 1 aliphatic heterocycles. The molecule has 0 bridgehead atoms. The highest BCUT2D eigenvalue weighted by Crippen LogP contribution is 2.20. The van der Waals surface area contributed by atoms with Crippen molar-refractivity contribution < 1.29 is 4.79 Å². The monoisotopic (exact) mass is 254 g/mol. The molecule has 0 radical (unpaired) electrons. The number of hydrogen-bond donors (Lipinski definition) is 2. The fourth-order valence-electron chi connectivity index (χ4n) is 2.64. The van der Waals surface area contributed by atoms with Gasteiger partial charge < -0.3 is 20.9 Å². The molecule has 1 saturated carbocycles. The molecule has 18 heavy (non-hydrogen) atoms. The third-order valence-electron chi connectivity index (χ3n) is 4.09. The largest absolute Gasteiger partial charge is 0.368 e. The number of carbonyl (C=O) groups is 1. The average Bonchev–Trinajstić information content (AvgIpc) is 3.12. The predicted molar refractivity (Wildman–Crippen MR) is 72.3 cm³/mol. The van der Waals surface area contributed by atoms with Crippen molar-refractivity contribution in [2.24, 2.45) is 5.73 Å². The molecule has 2 aliphatic rings. The Labute approximate surface area is 110 Å². The zero-order chi connectivity index (χ0) is 13.1. The van der Waals surface area contributed by atoms with Gasteiger partial charge in [0.25, 0.3) is 0 Å². The van der Waals surface area contributed by atoms with Crippen molar-refractivity contribution in [2.45, 2.75) is 43.8 Å². The maximum absolute atomic E-state index is 11.4. The van der Waals surface area contributed by atoms with E-state index >= 15 is 0 Å². The van der Waals surface area contributed by atoms with E-state index in [9.17, 15) is 4.79 Å². The van der Waals surface area contributed by atoms with Gasteiger partial charge in [0.15, 0.2) is 0 Å². The summed E-state index contributed by atoms with van der Waals surface area (Å²) < 4.78 is 0. The Morgan fingerprint density at radius 2 is 1.94 bits per heavy atom. The lowest BCUT2D eigenvalue weighted by Crippen LogP contribution is -2.52. The van der Waals surface area contributed by atoms with Gasteiger partial charge in [-0.05, 0) is 52.9 Å². The van der Waals surface area contributed by atoms with E-state index in [2.05, 4.69) is 29.2 Å². The first-order valence-corrected chi connectivity index (χ1v) is 7.00. The SMILES string of the molecule is CN(C)C1CCN(CC(NC2CC2)C(N)=O)CC1. The summed E-state index contributed by atoms with van der Waals surface area (Å²) in [5.74, 6) is -0.211. The molecule has 1 saturated heterocycles. The fourth-order valence-corrected chi connectivity index (χ4v) is 2.64. The Morgan fingerprint density at radius 1 is 1.33 bits per heavy atom. The van der Waals surface area contributed by atoms with Crippen LogP contribution < -0.4 is 11.1 Å². The predicted octanol–water partition coefficient (Wildman–Crippen LogP) is -0.382. The van der Waals surface area contributed by atoms with Crippen LogP contribution in [0.3, 0.4) is 0 Å². The summed E-state index contributed by atoms with van der Waals surface area (Å²) in [6, 6.07) is 1.04. The summed E-state index contributed by atoms with van der Waals surface area (Å²) in [6.07, 6.45) is 4.74. The molecule has 2 rings (SSSR count). The van der Waals surface area contributed by atoms with Crippen LogP contribution in [0.5, 0.6) is 0 Å². The lowest BCUT2D eigenvalue weighted by molar-refractivity contribution is -0.120. The number of likely N-dealkylation sites (tertiary alicyclic amines) is 1. The zero-order valence-corrected chi connectivity index (χ0v) is 11.6. The Hall–Kier alpha value is -0.650. The highest BCUT2D eigenvalue weighted by Gasteiger charge is 2.29. The van der Waals surface area contributed by atoms with E-state index in [-0.39, 0.29) is 11.9 Å². The molecule has 0 aromatic heterocycles. The Kier molecular flexibility index (Phi) is 4.59. The zero-order valence-electron chi connectivity index (χ0n) is 11.6. The van der Waals surface area contributed by atoms with Crippen molar-refractivity contribution in [3.05, 3.63) is 0 Å². The molecule has 104 valence electrons. The van der Waals surface area contributed by atoms with Crippen LogP contribution in [-0.4, -0.2) is 67.6 Å². The Balaban J connectivity index is 1.76. The molecule has 2 fully saturated rings. The lowest BCUT2D eigenvalue weighted by Gasteiger charge is -2.36. The molecule has 3 N–H and O–H groups in total. The normalized spacial score (nSPS) is 24.4. The Morgan fingerprint density at radius 3 is 2.39 bits per heavy atom. The number of nitrogens with zero attached hydrogens (tertiary/aromatic N) is 2. The highest BCUT2D eigenvalue weighted by molar-refractivity contribution is 5.80. The minimum atomic E-state index is -0.211. The fraction of sp³-hybridized carbons (Fsp3) is 0.923. The van der Waals surface area contributed by atoms with E-state index in [1.807, 2.05) is 0 Å². The molecule has 1 amide bonds. The maximum Gasteiger partial charge on any atom is 0.235 e. The van der Waals surface area contributed by atoms with E-state index in [1.54, 1.807) is 0 Å². The first kappa shape index (κ1) is 13.8. The van der Waals surface area contributed by atoms with Crippen LogP contribution in [0.2, 0.25) is 0 Å². The van der Waals surface area contributed by atoms with Gasteiger partial charge in [-0.2, -0.15) is 0 Å². The molecule has 1 unspecified atom stereocenters. The van der Waals surface area contributed by atoms with Crippen molar-refractivity contribution in [1.29, 1.82) is 0 Å². The molecular weight excluding hydrogens is 228 g/mol. The number of nitrogens with one attached hydrogen (secondary N) is 1. The van der Waals surface area contributed by atoms with Crippen LogP contribution in [-0.2, 0) is 4.79 Å². The van der Waals surface area contributed by atoms with Gasteiger partial charge in [0.2, 0.25) is 5.91 Å². The topological polar surface area (TPSA) is 61.6 Å². The molecule has 1 atom stereocenters. The number of amides is 1. The number of carbonyl (C=O) groups excluding carboxylic acids is 1. The van der Waals surface area contributed by atoms with E-state index in [4.69, 9.17) is 5.73 Å². The van der Waals surface area contributed by atoms with Crippen LogP contribution in [0.4, 0.5) is 0 Å². The number of piperidine rings is 1. The first-order valence-electron chi connectivity index (χ1n) is 7.00. The minimum absolute atomic E-state index is 0.173. The van der Waals surface area contributed by atoms with Gasteiger partial charge in [0.05, 0.1) is 6.04 Å². The number of primary amides is 1. The van der Waals surface area contributed by atoms with Gasteiger partial charge >= 0.3 is 0 Å². The van der Waals surface area contributed by atoms with Crippen LogP contribution >= 0.6 is 0 Å². The van der Waals surface area contributed by atoms with Gasteiger partial charge in [0, 0.05) is 18.6 Å². The summed E-state index contributed by atoms with van der Waals surface area (Å²) in [7, 11) is 4.28. The molecule has 5 heteroatoms. The van der Waals surface area contributed by atoms with Crippen molar-refractivity contribution in [3.63, 3.8) is 0 Å². The molecule has 0 aromatic carbocycles. The van der Waals surface area contributed by atoms with Crippen molar-refractivity contribution in [1.82, 2.24) is 15.1 Å².